The fourth-order valence-electron chi connectivity index (χ4n) is 1.90. The molecule has 2 N–H and O–H groups in total. The molecule has 124 valence electrons. The van der Waals surface area contributed by atoms with Gasteiger partial charge in [-0.15, -0.1) is 11.3 Å². The Morgan fingerprint density at radius 2 is 1.96 bits per heavy atom. The monoisotopic (exact) mass is 345 g/mol. The Labute approximate surface area is 142 Å². The number of hydrogen-bond donors (Lipinski definition) is 2. The molecule has 1 aliphatic rings. The van der Waals surface area contributed by atoms with Crippen LogP contribution in [0.3, 0.4) is 0 Å². The number of carbonyl (C=O) groups is 3. The van der Waals surface area contributed by atoms with Gasteiger partial charge < -0.3 is 10.1 Å². The summed E-state index contributed by atoms with van der Waals surface area (Å²) in [6, 6.07) is 9.01. The van der Waals surface area contributed by atoms with Crippen LogP contribution in [0.4, 0.5) is 4.79 Å². The van der Waals surface area contributed by atoms with E-state index in [1.807, 2.05) is 30.3 Å². The van der Waals surface area contributed by atoms with Gasteiger partial charge in [-0.1, -0.05) is 30.3 Å². The molecule has 2 aromatic rings. The number of ether oxygens (including phenoxy) is 1. The third kappa shape index (κ3) is 4.39. The first kappa shape index (κ1) is 16.1. The maximum Gasteiger partial charge on any atom is 0.358 e. The summed E-state index contributed by atoms with van der Waals surface area (Å²) in [6.07, 6.45) is 1.84. The molecule has 1 aromatic carbocycles. The Morgan fingerprint density at radius 3 is 2.67 bits per heavy atom. The summed E-state index contributed by atoms with van der Waals surface area (Å²) in [4.78, 5) is 39.0. The van der Waals surface area contributed by atoms with Crippen molar-refractivity contribution in [1.29, 1.82) is 0 Å². The predicted octanol–water partition coefficient (Wildman–Crippen LogP) is 1.96. The Bertz CT molecular complexity index is 756. The van der Waals surface area contributed by atoms with Crippen LogP contribution in [0.2, 0.25) is 0 Å². The number of hydrogen-bond acceptors (Lipinski definition) is 6. The molecule has 3 amide bonds. The molecule has 0 bridgehead atoms. The average molecular weight is 345 g/mol. The molecule has 1 saturated carbocycles. The molecular weight excluding hydrogens is 330 g/mol. The van der Waals surface area contributed by atoms with Crippen LogP contribution in [0.15, 0.2) is 35.7 Å². The van der Waals surface area contributed by atoms with Gasteiger partial charge in [0, 0.05) is 17.0 Å². The number of imide groups is 1. The van der Waals surface area contributed by atoms with Crippen molar-refractivity contribution in [3.05, 3.63) is 41.4 Å². The van der Waals surface area contributed by atoms with E-state index in [4.69, 9.17) is 4.74 Å². The smallest absolute Gasteiger partial charge is 0.358 e. The molecule has 8 heteroatoms. The summed E-state index contributed by atoms with van der Waals surface area (Å²) in [5.74, 6) is -1.38. The van der Waals surface area contributed by atoms with E-state index in [1.54, 1.807) is 5.38 Å². The number of esters is 1. The molecule has 0 aliphatic heterocycles. The van der Waals surface area contributed by atoms with Crippen LogP contribution < -0.4 is 10.6 Å². The number of benzene rings is 1. The van der Waals surface area contributed by atoms with Crippen LogP contribution >= 0.6 is 11.3 Å². The molecule has 7 nitrogen and oxygen atoms in total. The third-order valence-electron chi connectivity index (χ3n) is 3.23. The van der Waals surface area contributed by atoms with Gasteiger partial charge >= 0.3 is 12.0 Å². The summed E-state index contributed by atoms with van der Waals surface area (Å²) in [7, 11) is 0. The zero-order valence-electron chi connectivity index (χ0n) is 12.7. The van der Waals surface area contributed by atoms with E-state index in [9.17, 15) is 14.4 Å². The fourth-order valence-corrected chi connectivity index (χ4v) is 2.69. The van der Waals surface area contributed by atoms with Crippen molar-refractivity contribution < 1.29 is 19.1 Å². The molecule has 0 unspecified atom stereocenters. The lowest BCUT2D eigenvalue weighted by Crippen LogP contribution is -2.42. The fraction of sp³-hybridized carbons (Fsp3) is 0.250. The van der Waals surface area contributed by atoms with Crippen LogP contribution in [0, 0.1) is 0 Å². The lowest BCUT2D eigenvalue weighted by atomic mass is 10.2. The van der Waals surface area contributed by atoms with Gasteiger partial charge in [-0.25, -0.2) is 14.6 Å². The largest absolute Gasteiger partial charge is 0.451 e. The third-order valence-corrected chi connectivity index (χ3v) is 4.13. The number of carbonyl (C=O) groups excluding carboxylic acids is 3. The van der Waals surface area contributed by atoms with E-state index in [1.165, 1.54) is 11.3 Å². The van der Waals surface area contributed by atoms with Gasteiger partial charge in [0.1, 0.15) is 5.01 Å². The van der Waals surface area contributed by atoms with E-state index in [0.29, 0.717) is 5.01 Å². The molecule has 0 spiro atoms. The molecular formula is C16H15N3O4S. The maximum absolute atomic E-state index is 11.9. The second kappa shape index (κ2) is 7.22. The number of urea groups is 1. The van der Waals surface area contributed by atoms with Gasteiger partial charge in [-0.05, 0) is 12.8 Å². The van der Waals surface area contributed by atoms with Crippen LogP contribution in [-0.4, -0.2) is 35.5 Å². The number of aromatic nitrogens is 1. The average Bonchev–Trinajstić information content (AvgIpc) is 3.25. The highest BCUT2D eigenvalue weighted by Gasteiger charge is 2.24. The van der Waals surface area contributed by atoms with Crippen LogP contribution in [0.1, 0.15) is 23.3 Å². The van der Waals surface area contributed by atoms with E-state index in [-0.39, 0.29) is 11.7 Å². The van der Waals surface area contributed by atoms with E-state index in [2.05, 4.69) is 15.6 Å². The van der Waals surface area contributed by atoms with Crippen molar-refractivity contribution in [2.45, 2.75) is 18.9 Å². The highest BCUT2D eigenvalue weighted by molar-refractivity contribution is 7.13. The SMILES string of the molecule is O=C(COC(=O)c1csc(-c2ccccc2)n1)NC(=O)NC1CC1. The van der Waals surface area contributed by atoms with Gasteiger partial charge in [-0.2, -0.15) is 0 Å². The van der Waals surface area contributed by atoms with Crippen molar-refractivity contribution >= 4 is 29.2 Å². The molecule has 0 saturated heterocycles. The maximum atomic E-state index is 11.9. The normalized spacial score (nSPS) is 13.2. The van der Waals surface area contributed by atoms with Crippen molar-refractivity contribution in [2.75, 3.05) is 6.61 Å². The Morgan fingerprint density at radius 1 is 1.21 bits per heavy atom. The van der Waals surface area contributed by atoms with Gasteiger partial charge in [-0.3, -0.25) is 10.1 Å². The first-order valence-corrected chi connectivity index (χ1v) is 8.28. The van der Waals surface area contributed by atoms with E-state index in [0.717, 1.165) is 18.4 Å². The van der Waals surface area contributed by atoms with Crippen LogP contribution in [-0.2, 0) is 9.53 Å². The highest BCUT2D eigenvalue weighted by atomic mass is 32.1. The van der Waals surface area contributed by atoms with Crippen LogP contribution in [0.25, 0.3) is 10.6 Å². The molecule has 1 aromatic heterocycles. The predicted molar refractivity (Wildman–Crippen MR) is 87.5 cm³/mol. The van der Waals surface area contributed by atoms with Gasteiger partial charge in [0.05, 0.1) is 0 Å². The lowest BCUT2D eigenvalue weighted by Gasteiger charge is -2.05. The van der Waals surface area contributed by atoms with Crippen molar-refractivity contribution in [2.24, 2.45) is 0 Å². The molecule has 1 heterocycles. The minimum atomic E-state index is -0.703. The van der Waals surface area contributed by atoms with E-state index >= 15 is 0 Å². The van der Waals surface area contributed by atoms with Gasteiger partial charge in [0.2, 0.25) is 0 Å². The first-order chi connectivity index (χ1) is 11.6. The minimum Gasteiger partial charge on any atom is -0.451 e. The summed E-state index contributed by atoms with van der Waals surface area (Å²) in [5, 5.41) is 6.97. The number of nitrogens with zero attached hydrogens (tertiary/aromatic N) is 1. The molecule has 24 heavy (non-hydrogen) atoms. The number of amides is 3. The number of thiazole rings is 1. The molecule has 0 atom stereocenters. The Hall–Kier alpha value is -2.74. The summed E-state index contributed by atoms with van der Waals surface area (Å²) < 4.78 is 4.87. The first-order valence-electron chi connectivity index (χ1n) is 7.40. The summed E-state index contributed by atoms with van der Waals surface area (Å²) >= 11 is 1.31. The topological polar surface area (TPSA) is 97.4 Å². The molecule has 3 rings (SSSR count). The standard InChI is InChI=1S/C16H15N3O4S/c20-13(19-16(22)17-11-6-7-11)8-23-15(21)12-9-24-14(18-12)10-4-2-1-3-5-10/h1-5,9,11H,6-8H2,(H2,17,19,20,22). The zero-order chi connectivity index (χ0) is 16.9. The van der Waals surface area contributed by atoms with Gasteiger partial charge in [0.15, 0.2) is 12.3 Å². The zero-order valence-corrected chi connectivity index (χ0v) is 13.5. The second-order valence-electron chi connectivity index (χ2n) is 5.28. The quantitative estimate of drug-likeness (QED) is 0.807. The Kier molecular flexibility index (Phi) is 4.85. The van der Waals surface area contributed by atoms with Crippen LogP contribution in [0.5, 0.6) is 0 Å². The number of rotatable bonds is 5. The summed E-state index contributed by atoms with van der Waals surface area (Å²) in [5.41, 5.74) is 1.03. The molecule has 1 fully saturated rings. The lowest BCUT2D eigenvalue weighted by molar-refractivity contribution is -0.123. The van der Waals surface area contributed by atoms with Crippen molar-refractivity contribution in [3.8, 4) is 10.6 Å². The Balaban J connectivity index is 1.49. The second-order valence-corrected chi connectivity index (χ2v) is 6.13. The number of nitrogens with one attached hydrogen (secondary N) is 2. The van der Waals surface area contributed by atoms with Gasteiger partial charge in [0.25, 0.3) is 5.91 Å². The van der Waals surface area contributed by atoms with E-state index < -0.39 is 24.5 Å². The van der Waals surface area contributed by atoms with Crippen molar-refractivity contribution in [1.82, 2.24) is 15.6 Å². The molecule has 1 aliphatic carbocycles. The van der Waals surface area contributed by atoms with Crippen molar-refractivity contribution in [3.63, 3.8) is 0 Å². The summed E-state index contributed by atoms with van der Waals surface area (Å²) in [6.45, 7) is -0.533. The highest BCUT2D eigenvalue weighted by Crippen LogP contribution is 2.23. The minimum absolute atomic E-state index is 0.133. The molecule has 0 radical (unpaired) electrons.